The summed E-state index contributed by atoms with van der Waals surface area (Å²) in [6.45, 7) is 0. The van der Waals surface area contributed by atoms with Gasteiger partial charge in [-0.25, -0.2) is 0 Å². The molecular weight excluding hydrogens is 397 g/mol. The van der Waals surface area contributed by atoms with Crippen LogP contribution in [0.2, 0.25) is 32.4 Å². The first kappa shape index (κ1) is 21.6. The molecule has 1 aliphatic rings. The molecule has 1 unspecified atom stereocenters. The molecule has 0 bridgehead atoms. The Labute approximate surface area is 128 Å². The summed E-state index contributed by atoms with van der Waals surface area (Å²) in [5.74, 6) is 2.29. The number of hydrogen-bond acceptors (Lipinski definition) is 0. The van der Waals surface area contributed by atoms with Crippen LogP contribution in [-0.4, -0.2) is 4.21 Å². The van der Waals surface area contributed by atoms with Gasteiger partial charge in [0.1, 0.15) is 0 Å². The van der Waals surface area contributed by atoms with Gasteiger partial charge >= 0.3 is 105 Å². The van der Waals surface area contributed by atoms with Crippen molar-refractivity contribution in [3.8, 4) is 0 Å². The van der Waals surface area contributed by atoms with E-state index in [9.17, 15) is 0 Å². The van der Waals surface area contributed by atoms with E-state index in [1.54, 1.807) is 0 Å². The molecule has 21 heavy (non-hydrogen) atoms. The van der Waals surface area contributed by atoms with Gasteiger partial charge in [-0.05, 0) is 0 Å². The van der Waals surface area contributed by atoms with Gasteiger partial charge in [0.2, 0.25) is 0 Å². The van der Waals surface area contributed by atoms with Crippen molar-refractivity contribution in [2.45, 2.75) is 38.8 Å². The molecule has 0 amide bonds. The summed E-state index contributed by atoms with van der Waals surface area (Å²) in [5.41, 5.74) is 0. The van der Waals surface area contributed by atoms with Crippen LogP contribution in [-0.2, 0) is 10.9 Å². The van der Waals surface area contributed by atoms with E-state index >= 15 is 0 Å². The predicted octanol–water partition coefficient (Wildman–Crippen LogP) is 7.17. The third-order valence-electron chi connectivity index (χ3n) is 6.22. The molecule has 125 valence electrons. The minimum atomic E-state index is -5.66. The second-order valence-corrected chi connectivity index (χ2v) is 108. The van der Waals surface area contributed by atoms with Crippen LogP contribution in [0.4, 0.5) is 0 Å². The fourth-order valence-corrected chi connectivity index (χ4v) is 28.3. The van der Waals surface area contributed by atoms with Crippen LogP contribution in [0.5, 0.6) is 0 Å². The van der Waals surface area contributed by atoms with Gasteiger partial charge in [0.15, 0.2) is 0 Å². The Morgan fingerprint density at radius 3 is 1.86 bits per heavy atom. The Bertz CT molecular complexity index is 888. The fourth-order valence-electron chi connectivity index (χ4n) is 3.75. The van der Waals surface area contributed by atoms with Gasteiger partial charge in [-0.15, -0.1) is 24.8 Å². The average Bonchev–Trinajstić information content (AvgIpc) is 2.74. The summed E-state index contributed by atoms with van der Waals surface area (Å²) in [6.07, 6.45) is 7.79. The van der Waals surface area contributed by atoms with Crippen molar-refractivity contribution >= 4 is 40.2 Å². The zero-order chi connectivity index (χ0) is 15.1. The topological polar surface area (TPSA) is 0 Å². The van der Waals surface area contributed by atoms with E-state index < -0.39 is 10.9 Å². The summed E-state index contributed by atoms with van der Waals surface area (Å²) in [4.78, 5) is 0. The van der Waals surface area contributed by atoms with Crippen LogP contribution < -0.4 is 3.00 Å². The number of allylic oxidation sites excluding steroid dienone is 4. The van der Waals surface area contributed by atoms with E-state index in [0.717, 1.165) is 14.6 Å². The van der Waals surface area contributed by atoms with Gasteiger partial charge in [0.25, 0.3) is 0 Å². The Hall–Kier alpha value is 0.593. The van der Waals surface area contributed by atoms with Crippen molar-refractivity contribution in [3.63, 3.8) is 0 Å². The van der Waals surface area contributed by atoms with E-state index in [0.29, 0.717) is 0 Å². The van der Waals surface area contributed by atoms with E-state index in [1.165, 1.54) is 6.28 Å². The van der Waals surface area contributed by atoms with Gasteiger partial charge in [-0.3, -0.25) is 0 Å². The summed E-state index contributed by atoms with van der Waals surface area (Å²) >= 11 is 0. The molecule has 0 N–H and O–H groups in total. The maximum atomic E-state index is 5.26. The zero-order valence-corrected chi connectivity index (χ0v) is 19.8. The van der Waals surface area contributed by atoms with Crippen LogP contribution in [0.3, 0.4) is 0 Å². The summed E-state index contributed by atoms with van der Waals surface area (Å²) in [7, 11) is -4.94. The number of halogens is 2. The van der Waals surface area contributed by atoms with E-state index in [-0.39, 0.29) is 24.8 Å². The third kappa shape index (κ3) is 2.78. The number of rotatable bonds is 2. The van der Waals surface area contributed by atoms with Crippen LogP contribution in [0.25, 0.3) is 0 Å². The molecule has 2 rings (SSSR count). The predicted molar refractivity (Wildman–Crippen MR) is 110 cm³/mol. The molecule has 0 aliphatic heterocycles. The molecule has 0 spiro atoms. The summed E-state index contributed by atoms with van der Waals surface area (Å²) in [5, 5.41) is 0. The maximum absolute atomic E-state index is 5.66. The number of hydrogen-bond donors (Lipinski definition) is 0. The van der Waals surface area contributed by atoms with Crippen LogP contribution >= 0.6 is 33.0 Å². The van der Waals surface area contributed by atoms with Gasteiger partial charge in [0, 0.05) is 0 Å². The Morgan fingerprint density at radius 2 is 1.52 bits per heavy atom. The van der Waals surface area contributed by atoms with Gasteiger partial charge in [-0.1, -0.05) is 0 Å². The summed E-state index contributed by atoms with van der Waals surface area (Å²) in [6, 6.07) is 4.54. The first-order valence-electron chi connectivity index (χ1n) is 7.56. The molecule has 1 aromatic heterocycles. The zero-order valence-electron chi connectivity index (χ0n) is 14.7. The van der Waals surface area contributed by atoms with Gasteiger partial charge < -0.3 is 0 Å². The average molecular weight is 432 g/mol. The Balaban J connectivity index is 0.00000200. The molecule has 1 atom stereocenters. The third-order valence-corrected chi connectivity index (χ3v) is 45.4. The molecule has 0 nitrogen and oxygen atoms in total. The second-order valence-electron chi connectivity index (χ2n) is 19.4. The van der Waals surface area contributed by atoms with Crippen LogP contribution in [0.1, 0.15) is 6.42 Å². The van der Waals surface area contributed by atoms with Gasteiger partial charge in [0.05, 0.1) is 0 Å². The standard InChI is InChI=1S/C5H5.C4H4P.7CH3.CH2.2ClH.Zr/c2*1-2-4-5-3-1;;;;;;;;;;;/h1-3H,4H2;1-3,5H;7*1H3;1H2;2*1H;. The first-order chi connectivity index (χ1) is 7.53. The quantitative estimate of drug-likeness (QED) is 0.466. The van der Waals surface area contributed by atoms with Crippen molar-refractivity contribution in [2.24, 2.45) is 0 Å². The normalized spacial score (nSPS) is 28.0. The van der Waals surface area contributed by atoms with E-state index in [4.69, 9.17) is 4.21 Å². The summed E-state index contributed by atoms with van der Waals surface area (Å²) < 4.78 is 25.7. The molecule has 0 saturated carbocycles. The Morgan fingerprint density at radius 1 is 1.00 bits per heavy atom. The molecule has 0 aromatic carbocycles. The molecule has 0 fully saturated rings. The minimum absolute atomic E-state index is 0. The van der Waals surface area contributed by atoms with Crippen molar-refractivity contribution in [1.29, 1.82) is 0 Å². The molecule has 0 radical (unpaired) electrons. The van der Waals surface area contributed by atoms with Crippen molar-refractivity contribution in [1.82, 2.24) is 0 Å². The van der Waals surface area contributed by atoms with Gasteiger partial charge in [-0.2, -0.15) is 0 Å². The molecule has 1 aliphatic carbocycles. The van der Waals surface area contributed by atoms with Crippen LogP contribution in [0, 0.1) is 0 Å². The van der Waals surface area contributed by atoms with Crippen molar-refractivity contribution in [2.75, 3.05) is 0 Å². The Kier molecular flexibility index (Phi) is 2.29. The molecule has 0 saturated heterocycles. The molecular formula is C17H34Cl2PZr. The van der Waals surface area contributed by atoms with Crippen molar-refractivity contribution < 1.29 is 10.9 Å². The van der Waals surface area contributed by atoms with E-state index in [2.05, 4.69) is 68.6 Å². The fraction of sp³-hybridized carbons (Fsp3) is 0.471. The second kappa shape index (κ2) is 2.23. The molecule has 1 heterocycles. The van der Waals surface area contributed by atoms with E-state index in [1.807, 2.05) is 0 Å². The SMILES string of the molecule is Cl.Cl.[CH2]=[Zr]([CH3])([CH3])([CH3])([CH3])([CH3])([CH3])([CH3])([C]1=CC=CC1)[c]1ccc[pH]1. The molecule has 4 heteroatoms. The first-order valence-corrected chi connectivity index (χ1v) is 30.0. The van der Waals surface area contributed by atoms with Crippen LogP contribution in [0.15, 0.2) is 39.4 Å². The molecule has 1 aromatic rings. The van der Waals surface area contributed by atoms with Crippen molar-refractivity contribution in [3.05, 3.63) is 39.4 Å². The monoisotopic (exact) mass is 429 g/mol.